The van der Waals surface area contributed by atoms with Crippen LogP contribution in [-0.4, -0.2) is 77.0 Å². The van der Waals surface area contributed by atoms with E-state index >= 15 is 4.39 Å². The number of nitrogens with zero attached hydrogens (tertiary/aromatic N) is 5. The zero-order chi connectivity index (χ0) is 24.6. The van der Waals surface area contributed by atoms with E-state index < -0.39 is 17.9 Å². The van der Waals surface area contributed by atoms with Gasteiger partial charge in [-0.1, -0.05) is 0 Å². The summed E-state index contributed by atoms with van der Waals surface area (Å²) in [5.74, 6) is -0.493. The molecule has 0 bridgehead atoms. The van der Waals surface area contributed by atoms with Crippen LogP contribution >= 0.6 is 0 Å². The van der Waals surface area contributed by atoms with Crippen molar-refractivity contribution in [3.05, 3.63) is 42.0 Å². The highest BCUT2D eigenvalue weighted by Crippen LogP contribution is 2.39. The van der Waals surface area contributed by atoms with E-state index in [9.17, 15) is 9.18 Å². The summed E-state index contributed by atoms with van der Waals surface area (Å²) in [7, 11) is 1.60. The van der Waals surface area contributed by atoms with Crippen LogP contribution in [0.5, 0.6) is 0 Å². The van der Waals surface area contributed by atoms with Gasteiger partial charge in [0.1, 0.15) is 5.82 Å². The number of nitrogen functional groups attached to an aromatic ring is 1. The van der Waals surface area contributed by atoms with E-state index in [0.29, 0.717) is 51.3 Å². The summed E-state index contributed by atoms with van der Waals surface area (Å²) in [6.45, 7) is 2.54. The number of rotatable bonds is 5. The van der Waals surface area contributed by atoms with Gasteiger partial charge < -0.3 is 25.6 Å². The number of nitrogens with one attached hydrogen (secondary N) is 1. The molecule has 1 aromatic heterocycles. The largest absolute Gasteiger partial charge is 0.368 e. The molecule has 188 valence electrons. The normalized spacial score (nSPS) is 22.7. The van der Waals surface area contributed by atoms with Crippen molar-refractivity contribution >= 4 is 23.2 Å². The van der Waals surface area contributed by atoms with Crippen LogP contribution in [-0.2, 0) is 16.1 Å². The van der Waals surface area contributed by atoms with Crippen molar-refractivity contribution in [2.45, 2.75) is 50.3 Å². The summed E-state index contributed by atoms with van der Waals surface area (Å²) >= 11 is 0. The molecule has 11 heteroatoms. The van der Waals surface area contributed by atoms with E-state index in [2.05, 4.69) is 25.1 Å². The smallest absolute Gasteiger partial charge is 0.260 e. The van der Waals surface area contributed by atoms with E-state index in [-0.39, 0.29) is 30.6 Å². The monoisotopic (exact) mass is 487 g/mol. The molecule has 35 heavy (non-hydrogen) atoms. The number of hydrogen-bond acceptors (Lipinski definition) is 8. The summed E-state index contributed by atoms with van der Waals surface area (Å²) in [6.07, 6.45) is 4.65. The zero-order valence-electron chi connectivity index (χ0n) is 19.8. The average molecular weight is 488 g/mol. The Morgan fingerprint density at radius 3 is 2.54 bits per heavy atom. The minimum absolute atomic E-state index is 0.0998. The zero-order valence-corrected chi connectivity index (χ0v) is 19.8. The molecule has 3 aliphatic heterocycles. The Morgan fingerprint density at radius 2 is 1.89 bits per heavy atom. The molecule has 2 aromatic rings. The number of ether oxygens (including phenoxy) is 1. The second kappa shape index (κ2) is 9.54. The van der Waals surface area contributed by atoms with Gasteiger partial charge in [-0.15, -0.1) is 0 Å². The van der Waals surface area contributed by atoms with Gasteiger partial charge in [0.25, 0.3) is 5.91 Å². The van der Waals surface area contributed by atoms with Gasteiger partial charge in [0.15, 0.2) is 5.67 Å². The van der Waals surface area contributed by atoms with Gasteiger partial charge in [0.2, 0.25) is 12.3 Å². The molecule has 1 atom stereocenters. The third-order valence-electron chi connectivity index (χ3n) is 7.30. The van der Waals surface area contributed by atoms with Gasteiger partial charge >= 0.3 is 0 Å². The van der Waals surface area contributed by atoms with E-state index in [1.807, 2.05) is 0 Å². The van der Waals surface area contributed by atoms with Gasteiger partial charge in [-0.3, -0.25) is 9.69 Å². The third kappa shape index (κ3) is 4.74. The standard InChI is InChI=1S/C24H31F2N7O2/c1-35-23-30-19-12-17(25)2-3-20(19)33(23)18-4-8-32(9-5-18)21(34)24(26)6-10-31(11-7-24)15-16-13-28-22(27)29-14-16/h2-3,12-14,18,23,30H,4-11,15H2,1H3,(H2,27,28,29). The Balaban J connectivity index is 1.16. The second-order valence-corrected chi connectivity index (χ2v) is 9.52. The van der Waals surface area contributed by atoms with E-state index in [0.717, 1.165) is 11.3 Å². The Kier molecular flexibility index (Phi) is 6.45. The molecule has 2 saturated heterocycles. The first-order chi connectivity index (χ1) is 16.9. The van der Waals surface area contributed by atoms with Crippen LogP contribution < -0.4 is 16.0 Å². The number of carbonyl (C=O) groups is 1. The van der Waals surface area contributed by atoms with Crippen molar-refractivity contribution in [3.8, 4) is 0 Å². The highest BCUT2D eigenvalue weighted by Gasteiger charge is 2.45. The van der Waals surface area contributed by atoms with Crippen molar-refractivity contribution in [1.29, 1.82) is 0 Å². The lowest BCUT2D eigenvalue weighted by atomic mass is 9.90. The van der Waals surface area contributed by atoms with Crippen LogP contribution in [0.25, 0.3) is 0 Å². The highest BCUT2D eigenvalue weighted by atomic mass is 19.1. The van der Waals surface area contributed by atoms with Crippen LogP contribution in [0.3, 0.4) is 0 Å². The molecule has 0 aliphatic carbocycles. The predicted octanol–water partition coefficient (Wildman–Crippen LogP) is 2.36. The average Bonchev–Trinajstić information content (AvgIpc) is 3.24. The maximum atomic E-state index is 15.7. The molecule has 1 aromatic carbocycles. The number of aromatic nitrogens is 2. The lowest BCUT2D eigenvalue weighted by Crippen LogP contribution is -2.56. The van der Waals surface area contributed by atoms with Crippen LogP contribution in [0.2, 0.25) is 0 Å². The Bertz CT molecular complexity index is 1050. The fourth-order valence-corrected chi connectivity index (χ4v) is 5.35. The van der Waals surface area contributed by atoms with E-state index in [1.54, 1.807) is 30.5 Å². The number of fused-ring (bicyclic) bond motifs is 1. The van der Waals surface area contributed by atoms with Crippen LogP contribution in [0.1, 0.15) is 31.2 Å². The maximum absolute atomic E-state index is 15.7. The van der Waals surface area contributed by atoms with E-state index in [4.69, 9.17) is 10.5 Å². The Labute approximate surface area is 203 Å². The molecule has 2 fully saturated rings. The Morgan fingerprint density at radius 1 is 1.20 bits per heavy atom. The molecule has 0 radical (unpaired) electrons. The van der Waals surface area contributed by atoms with Crippen molar-refractivity contribution < 1.29 is 18.3 Å². The molecule has 3 N–H and O–H groups in total. The molecule has 1 amide bonds. The van der Waals surface area contributed by atoms with Crippen LogP contribution in [0.15, 0.2) is 30.6 Å². The number of nitrogens with two attached hydrogens (primary N) is 1. The minimum Gasteiger partial charge on any atom is -0.368 e. The van der Waals surface area contributed by atoms with Gasteiger partial charge in [0.05, 0.1) is 11.4 Å². The van der Waals surface area contributed by atoms with Crippen molar-refractivity contribution in [1.82, 2.24) is 19.8 Å². The number of alkyl halides is 1. The number of carbonyl (C=O) groups excluding carboxylic acids is 1. The van der Waals surface area contributed by atoms with Gasteiger partial charge in [-0.2, -0.15) is 0 Å². The fourth-order valence-electron chi connectivity index (χ4n) is 5.35. The summed E-state index contributed by atoms with van der Waals surface area (Å²) < 4.78 is 35.0. The predicted molar refractivity (Wildman–Crippen MR) is 128 cm³/mol. The maximum Gasteiger partial charge on any atom is 0.260 e. The second-order valence-electron chi connectivity index (χ2n) is 9.52. The highest BCUT2D eigenvalue weighted by molar-refractivity contribution is 5.85. The number of halogens is 2. The van der Waals surface area contributed by atoms with Crippen LogP contribution in [0, 0.1) is 5.82 Å². The van der Waals surface area contributed by atoms with Gasteiger partial charge in [-0.05, 0) is 31.0 Å². The molecule has 0 spiro atoms. The first-order valence-corrected chi connectivity index (χ1v) is 12.0. The van der Waals surface area contributed by atoms with Crippen molar-refractivity contribution in [2.75, 3.05) is 49.2 Å². The van der Waals surface area contributed by atoms with Crippen molar-refractivity contribution in [2.24, 2.45) is 0 Å². The number of methoxy groups -OCH3 is 1. The number of amides is 1. The number of anilines is 3. The SMILES string of the molecule is COC1Nc2cc(F)ccc2N1C1CCN(C(=O)C2(F)CCN(Cc3cnc(N)nc3)CC2)CC1. The summed E-state index contributed by atoms with van der Waals surface area (Å²) in [5.41, 5.74) is 6.17. The molecule has 3 aliphatic rings. The summed E-state index contributed by atoms with van der Waals surface area (Å²) in [5, 5.41) is 3.19. The van der Waals surface area contributed by atoms with Gasteiger partial charge in [0, 0.05) is 76.7 Å². The third-order valence-corrected chi connectivity index (χ3v) is 7.30. The lowest BCUT2D eigenvalue weighted by Gasteiger charge is -2.43. The molecule has 1 unspecified atom stereocenters. The first kappa shape index (κ1) is 23.7. The number of hydrogen-bond donors (Lipinski definition) is 2. The molecule has 4 heterocycles. The molecule has 5 rings (SSSR count). The number of benzene rings is 1. The number of likely N-dealkylation sites (tertiary alicyclic amines) is 2. The lowest BCUT2D eigenvalue weighted by molar-refractivity contribution is -0.148. The molecule has 0 saturated carbocycles. The summed E-state index contributed by atoms with van der Waals surface area (Å²) in [6, 6.07) is 4.74. The van der Waals surface area contributed by atoms with E-state index in [1.165, 1.54) is 12.1 Å². The Hall–Kier alpha value is -3.05. The number of piperidine rings is 2. The summed E-state index contributed by atoms with van der Waals surface area (Å²) in [4.78, 5) is 27.0. The fraction of sp³-hybridized carbons (Fsp3) is 0.542. The topological polar surface area (TPSA) is 99.9 Å². The minimum atomic E-state index is -1.84. The quantitative estimate of drug-likeness (QED) is 0.663. The van der Waals surface area contributed by atoms with Gasteiger partial charge in [-0.25, -0.2) is 18.7 Å². The molecular weight excluding hydrogens is 456 g/mol. The molecule has 9 nitrogen and oxygen atoms in total. The molecular formula is C24H31F2N7O2. The first-order valence-electron chi connectivity index (χ1n) is 12.0. The van der Waals surface area contributed by atoms with Crippen LogP contribution in [0.4, 0.5) is 26.1 Å². The van der Waals surface area contributed by atoms with Crippen molar-refractivity contribution in [3.63, 3.8) is 0 Å².